The van der Waals surface area contributed by atoms with Gasteiger partial charge in [0.25, 0.3) is 5.56 Å². The van der Waals surface area contributed by atoms with Crippen molar-refractivity contribution in [3.63, 3.8) is 0 Å². The zero-order chi connectivity index (χ0) is 26.4. The van der Waals surface area contributed by atoms with E-state index in [1.807, 2.05) is 16.7 Å². The van der Waals surface area contributed by atoms with Gasteiger partial charge in [-0.1, -0.05) is 83.7 Å². The molecule has 2 heterocycles. The summed E-state index contributed by atoms with van der Waals surface area (Å²) >= 11 is 3.06. The zero-order valence-electron chi connectivity index (χ0n) is 22.8. The van der Waals surface area contributed by atoms with Crippen LogP contribution in [0.4, 0.5) is 5.69 Å². The summed E-state index contributed by atoms with van der Waals surface area (Å²) < 4.78 is 1.85. The van der Waals surface area contributed by atoms with Crippen LogP contribution in [0.1, 0.15) is 94.6 Å². The average molecular weight is 540 g/mol. The molecule has 1 amide bonds. The highest BCUT2D eigenvalue weighted by Crippen LogP contribution is 2.36. The fourth-order valence-corrected chi connectivity index (χ4v) is 7.29. The number of hydrogen-bond donors (Lipinski definition) is 1. The van der Waals surface area contributed by atoms with E-state index in [9.17, 15) is 9.59 Å². The van der Waals surface area contributed by atoms with Gasteiger partial charge in [-0.15, -0.1) is 11.3 Å². The Morgan fingerprint density at radius 3 is 2.62 bits per heavy atom. The smallest absolute Gasteiger partial charge is 0.263 e. The molecule has 0 radical (unpaired) electrons. The summed E-state index contributed by atoms with van der Waals surface area (Å²) in [5.74, 6) is 1.25. The number of fused-ring (bicyclic) bond motifs is 3. The third-order valence-corrected chi connectivity index (χ3v) is 9.43. The second-order valence-corrected chi connectivity index (χ2v) is 12.8. The van der Waals surface area contributed by atoms with Gasteiger partial charge in [0, 0.05) is 17.1 Å². The predicted molar refractivity (Wildman–Crippen MR) is 158 cm³/mol. The molecule has 1 aliphatic carbocycles. The summed E-state index contributed by atoms with van der Waals surface area (Å²) in [6.07, 6.45) is 10.1. The maximum atomic E-state index is 13.8. The van der Waals surface area contributed by atoms with Crippen molar-refractivity contribution in [3.05, 3.63) is 50.6 Å². The molecule has 200 valence electrons. The van der Waals surface area contributed by atoms with Crippen LogP contribution in [0.15, 0.2) is 34.2 Å². The van der Waals surface area contributed by atoms with Gasteiger partial charge >= 0.3 is 0 Å². The summed E-state index contributed by atoms with van der Waals surface area (Å²) in [7, 11) is 0. The first-order valence-electron chi connectivity index (χ1n) is 13.9. The van der Waals surface area contributed by atoms with E-state index in [0.29, 0.717) is 23.5 Å². The number of thiophene rings is 1. The van der Waals surface area contributed by atoms with E-state index in [0.717, 1.165) is 48.0 Å². The number of unbranched alkanes of at least 4 members (excludes halogenated alkanes) is 5. The molecule has 1 atom stereocenters. The normalized spacial score (nSPS) is 15.3. The first-order valence-corrected chi connectivity index (χ1v) is 15.7. The SMILES string of the molecule is CCCCCCCCn1c(SCC(=O)Nc2ccc(C(C)C)cc2)nc2sc3c(c2c1=O)CCC(C)C3. The molecule has 3 aromatic rings. The van der Waals surface area contributed by atoms with Gasteiger partial charge in [0.1, 0.15) is 4.83 Å². The summed E-state index contributed by atoms with van der Waals surface area (Å²) in [4.78, 5) is 33.7. The van der Waals surface area contributed by atoms with Crippen LogP contribution in [-0.4, -0.2) is 21.2 Å². The standard InChI is InChI=1S/C30H41N3O2S2/c1-5-6-7-8-9-10-17-33-29(35)27-24-16-11-21(4)18-25(24)37-28(27)32-30(33)36-19-26(34)31-23-14-12-22(13-15-23)20(2)3/h12-15,20-21H,5-11,16-19H2,1-4H3,(H,31,34). The van der Waals surface area contributed by atoms with Crippen molar-refractivity contribution >= 4 is 44.9 Å². The molecule has 5 nitrogen and oxygen atoms in total. The molecular weight excluding hydrogens is 498 g/mol. The summed E-state index contributed by atoms with van der Waals surface area (Å²) in [6.45, 7) is 9.49. The van der Waals surface area contributed by atoms with Gasteiger partial charge in [0.2, 0.25) is 5.91 Å². The van der Waals surface area contributed by atoms with E-state index in [-0.39, 0.29) is 17.2 Å². The molecule has 37 heavy (non-hydrogen) atoms. The Balaban J connectivity index is 1.51. The van der Waals surface area contributed by atoms with E-state index in [2.05, 4.69) is 45.1 Å². The number of nitrogens with zero attached hydrogens (tertiary/aromatic N) is 2. The van der Waals surface area contributed by atoms with E-state index in [1.165, 1.54) is 53.4 Å². The lowest BCUT2D eigenvalue weighted by atomic mass is 9.89. The molecule has 2 aromatic heterocycles. The molecule has 1 aromatic carbocycles. The highest BCUT2D eigenvalue weighted by atomic mass is 32.2. The Morgan fingerprint density at radius 1 is 1.16 bits per heavy atom. The van der Waals surface area contributed by atoms with Crippen molar-refractivity contribution in [2.45, 2.75) is 103 Å². The van der Waals surface area contributed by atoms with Gasteiger partial charge in [-0.05, 0) is 60.8 Å². The number of carbonyl (C=O) groups excluding carboxylic acids is 1. The number of anilines is 1. The minimum Gasteiger partial charge on any atom is -0.325 e. The Morgan fingerprint density at radius 2 is 1.89 bits per heavy atom. The maximum Gasteiger partial charge on any atom is 0.263 e. The summed E-state index contributed by atoms with van der Waals surface area (Å²) in [6, 6.07) is 8.02. The van der Waals surface area contributed by atoms with Crippen LogP contribution in [0.25, 0.3) is 10.2 Å². The number of aryl methyl sites for hydroxylation is 1. The van der Waals surface area contributed by atoms with Crippen LogP contribution in [0, 0.1) is 5.92 Å². The first kappa shape index (κ1) is 27.9. The van der Waals surface area contributed by atoms with Crippen molar-refractivity contribution in [1.29, 1.82) is 0 Å². The second kappa shape index (κ2) is 13.1. The molecule has 1 N–H and O–H groups in total. The second-order valence-electron chi connectivity index (χ2n) is 10.8. The molecule has 1 unspecified atom stereocenters. The molecule has 0 saturated carbocycles. The van der Waals surface area contributed by atoms with Crippen molar-refractivity contribution in [2.75, 3.05) is 11.1 Å². The van der Waals surface area contributed by atoms with Gasteiger partial charge in [-0.25, -0.2) is 4.98 Å². The van der Waals surface area contributed by atoms with Gasteiger partial charge < -0.3 is 5.32 Å². The Bertz CT molecular complexity index is 1260. The summed E-state index contributed by atoms with van der Waals surface area (Å²) in [5, 5.41) is 4.49. The lowest BCUT2D eigenvalue weighted by Crippen LogP contribution is -2.25. The minimum atomic E-state index is -0.0814. The van der Waals surface area contributed by atoms with Gasteiger partial charge in [0.15, 0.2) is 5.16 Å². The lowest BCUT2D eigenvalue weighted by Gasteiger charge is -2.17. The predicted octanol–water partition coefficient (Wildman–Crippen LogP) is 7.80. The fraction of sp³-hybridized carbons (Fsp3) is 0.567. The molecule has 0 bridgehead atoms. The molecule has 0 fully saturated rings. The van der Waals surface area contributed by atoms with Crippen molar-refractivity contribution < 1.29 is 4.79 Å². The number of rotatable bonds is 12. The van der Waals surface area contributed by atoms with E-state index >= 15 is 0 Å². The Kier molecular flexibility index (Phi) is 9.88. The molecule has 7 heteroatoms. The van der Waals surface area contributed by atoms with Crippen molar-refractivity contribution in [1.82, 2.24) is 9.55 Å². The molecule has 0 saturated heterocycles. The van der Waals surface area contributed by atoms with Crippen LogP contribution in [0.5, 0.6) is 0 Å². The quantitative estimate of drug-likeness (QED) is 0.145. The molecule has 0 spiro atoms. The number of nitrogens with one attached hydrogen (secondary N) is 1. The first-order chi connectivity index (χ1) is 17.9. The highest BCUT2D eigenvalue weighted by molar-refractivity contribution is 7.99. The lowest BCUT2D eigenvalue weighted by molar-refractivity contribution is -0.113. The van der Waals surface area contributed by atoms with Crippen LogP contribution in [0.3, 0.4) is 0 Å². The van der Waals surface area contributed by atoms with E-state index in [1.54, 1.807) is 11.3 Å². The van der Waals surface area contributed by atoms with Crippen LogP contribution in [-0.2, 0) is 24.2 Å². The monoisotopic (exact) mass is 539 g/mol. The maximum absolute atomic E-state index is 13.8. The Labute approximate surface area is 229 Å². The number of aromatic nitrogens is 2. The van der Waals surface area contributed by atoms with Crippen LogP contribution >= 0.6 is 23.1 Å². The van der Waals surface area contributed by atoms with Crippen LogP contribution < -0.4 is 10.9 Å². The zero-order valence-corrected chi connectivity index (χ0v) is 24.4. The van der Waals surface area contributed by atoms with Gasteiger partial charge in [-0.2, -0.15) is 0 Å². The van der Waals surface area contributed by atoms with Crippen molar-refractivity contribution in [3.8, 4) is 0 Å². The topological polar surface area (TPSA) is 64.0 Å². The third kappa shape index (κ3) is 7.05. The number of carbonyl (C=O) groups is 1. The number of benzene rings is 1. The fourth-order valence-electron chi connectivity index (χ4n) is 5.04. The Hall–Kier alpha value is -2.12. The molecule has 4 rings (SSSR count). The number of thioether (sulfide) groups is 1. The van der Waals surface area contributed by atoms with E-state index in [4.69, 9.17) is 4.98 Å². The third-order valence-electron chi connectivity index (χ3n) is 7.31. The molecular formula is C30H41N3O2S2. The van der Waals surface area contributed by atoms with Gasteiger partial charge in [0.05, 0.1) is 11.1 Å². The largest absolute Gasteiger partial charge is 0.325 e. The summed E-state index contributed by atoms with van der Waals surface area (Å²) in [5.41, 5.74) is 3.35. The highest BCUT2D eigenvalue weighted by Gasteiger charge is 2.25. The molecule has 1 aliphatic rings. The van der Waals surface area contributed by atoms with Crippen molar-refractivity contribution in [2.24, 2.45) is 5.92 Å². The number of amides is 1. The average Bonchev–Trinajstić information content (AvgIpc) is 3.23. The van der Waals surface area contributed by atoms with Gasteiger partial charge in [-0.3, -0.25) is 14.2 Å². The molecule has 0 aliphatic heterocycles. The number of hydrogen-bond acceptors (Lipinski definition) is 5. The van der Waals surface area contributed by atoms with E-state index < -0.39 is 0 Å². The van der Waals surface area contributed by atoms with Crippen LogP contribution in [0.2, 0.25) is 0 Å². The minimum absolute atomic E-state index is 0.0813.